The molecular formula is C14H18N2OS. The van der Waals surface area contributed by atoms with Crippen LogP contribution >= 0.6 is 12.2 Å². The van der Waals surface area contributed by atoms with E-state index in [0.29, 0.717) is 17.0 Å². The van der Waals surface area contributed by atoms with E-state index in [2.05, 4.69) is 0 Å². The minimum atomic E-state index is -0.432. The number of carbonyl (C=O) groups is 1. The maximum atomic E-state index is 11.7. The van der Waals surface area contributed by atoms with Crippen LogP contribution in [0.2, 0.25) is 0 Å². The number of nitrogens with two attached hydrogens (primary N) is 2. The second-order valence-electron chi connectivity index (χ2n) is 4.83. The van der Waals surface area contributed by atoms with Crippen LogP contribution in [0.4, 0.5) is 0 Å². The van der Waals surface area contributed by atoms with Crippen LogP contribution in [0.15, 0.2) is 18.2 Å². The van der Waals surface area contributed by atoms with Gasteiger partial charge in [0, 0.05) is 5.56 Å². The second-order valence-corrected chi connectivity index (χ2v) is 5.27. The number of thiocarbonyl (C=S) groups is 1. The lowest BCUT2D eigenvalue weighted by Crippen LogP contribution is -2.23. The largest absolute Gasteiger partial charge is 0.389 e. The fourth-order valence-corrected chi connectivity index (χ4v) is 2.97. The van der Waals surface area contributed by atoms with Crippen molar-refractivity contribution in [1.29, 1.82) is 0 Å². The smallest absolute Gasteiger partial charge is 0.249 e. The molecule has 0 spiro atoms. The molecule has 1 saturated carbocycles. The van der Waals surface area contributed by atoms with Crippen molar-refractivity contribution >= 4 is 23.1 Å². The molecule has 1 fully saturated rings. The summed E-state index contributed by atoms with van der Waals surface area (Å²) in [4.78, 5) is 11.9. The minimum absolute atomic E-state index is 0.237. The summed E-state index contributed by atoms with van der Waals surface area (Å²) in [5.74, 6) is -0.0190. The molecule has 1 aliphatic carbocycles. The number of amides is 1. The van der Waals surface area contributed by atoms with Gasteiger partial charge in [-0.3, -0.25) is 4.79 Å². The van der Waals surface area contributed by atoms with Crippen LogP contribution in [0.5, 0.6) is 0 Å². The van der Waals surface area contributed by atoms with Crippen LogP contribution in [-0.2, 0) is 0 Å². The van der Waals surface area contributed by atoms with Gasteiger partial charge in [-0.25, -0.2) is 0 Å². The molecule has 1 amide bonds. The van der Waals surface area contributed by atoms with Gasteiger partial charge in [-0.2, -0.15) is 0 Å². The van der Waals surface area contributed by atoms with E-state index >= 15 is 0 Å². The van der Waals surface area contributed by atoms with Crippen molar-refractivity contribution in [1.82, 2.24) is 0 Å². The normalized spacial score (nSPS) is 16.4. The summed E-state index contributed by atoms with van der Waals surface area (Å²) < 4.78 is 0. The molecule has 3 nitrogen and oxygen atoms in total. The summed E-state index contributed by atoms with van der Waals surface area (Å²) in [5.41, 5.74) is 13.3. The fraction of sp³-hybridized carbons (Fsp3) is 0.429. The van der Waals surface area contributed by atoms with Crippen molar-refractivity contribution in [2.75, 3.05) is 0 Å². The van der Waals surface area contributed by atoms with Gasteiger partial charge in [0.2, 0.25) is 5.91 Å². The predicted molar refractivity (Wildman–Crippen MR) is 76.7 cm³/mol. The Bertz CT molecular complexity index is 479. The topological polar surface area (TPSA) is 69.1 Å². The maximum Gasteiger partial charge on any atom is 0.249 e. The lowest BCUT2D eigenvalue weighted by Gasteiger charge is -2.24. The zero-order valence-electron chi connectivity index (χ0n) is 10.3. The summed E-state index contributed by atoms with van der Waals surface area (Å²) in [6.45, 7) is 0. The first-order valence-corrected chi connectivity index (χ1v) is 6.74. The van der Waals surface area contributed by atoms with Crippen LogP contribution in [-0.4, -0.2) is 10.9 Å². The van der Waals surface area contributed by atoms with E-state index in [4.69, 9.17) is 23.7 Å². The summed E-state index contributed by atoms with van der Waals surface area (Å²) in [5, 5.41) is 0. The molecular weight excluding hydrogens is 244 g/mol. The quantitative estimate of drug-likeness (QED) is 0.822. The highest BCUT2D eigenvalue weighted by atomic mass is 32.1. The van der Waals surface area contributed by atoms with Crippen molar-refractivity contribution in [3.8, 4) is 0 Å². The van der Waals surface area contributed by atoms with Crippen molar-refractivity contribution in [3.05, 3.63) is 34.9 Å². The van der Waals surface area contributed by atoms with Crippen LogP contribution in [0, 0.1) is 0 Å². The average molecular weight is 262 g/mol. The highest BCUT2D eigenvalue weighted by molar-refractivity contribution is 7.80. The zero-order chi connectivity index (χ0) is 13.1. The first kappa shape index (κ1) is 13.0. The third-order valence-electron chi connectivity index (χ3n) is 3.65. The molecule has 0 aliphatic heterocycles. The number of carbonyl (C=O) groups excluding carboxylic acids is 1. The van der Waals surface area contributed by atoms with Gasteiger partial charge >= 0.3 is 0 Å². The molecule has 96 valence electrons. The van der Waals surface area contributed by atoms with Gasteiger partial charge < -0.3 is 11.5 Å². The number of benzene rings is 1. The molecule has 4 heteroatoms. The van der Waals surface area contributed by atoms with Crippen LogP contribution in [0.1, 0.15) is 59.5 Å². The zero-order valence-corrected chi connectivity index (χ0v) is 11.1. The first-order valence-electron chi connectivity index (χ1n) is 6.33. The van der Waals surface area contributed by atoms with Gasteiger partial charge in [0.1, 0.15) is 4.99 Å². The number of hydrogen-bond donors (Lipinski definition) is 2. The number of rotatable bonds is 3. The van der Waals surface area contributed by atoms with Gasteiger partial charge in [-0.05, 0) is 24.3 Å². The molecule has 0 atom stereocenters. The van der Waals surface area contributed by atoms with Gasteiger partial charge in [-0.1, -0.05) is 49.7 Å². The monoisotopic (exact) mass is 262 g/mol. The van der Waals surface area contributed by atoms with Crippen molar-refractivity contribution in [2.45, 2.75) is 38.0 Å². The number of primary amides is 1. The molecule has 1 aromatic rings. The molecule has 1 aliphatic rings. The third kappa shape index (κ3) is 2.53. The molecule has 2 rings (SSSR count). The standard InChI is InChI=1S/C14H18N2OS/c15-13(17)12-10(9-5-2-1-3-6-9)7-4-8-11(12)14(16)18/h4,7-9H,1-3,5-6H2,(H2,15,17)(H2,16,18). The Morgan fingerprint density at radius 2 is 1.83 bits per heavy atom. The summed E-state index contributed by atoms with van der Waals surface area (Å²) in [6.07, 6.45) is 5.92. The SMILES string of the molecule is NC(=O)c1c(C(N)=S)cccc1C1CCCCC1. The van der Waals surface area contributed by atoms with E-state index in [1.807, 2.05) is 12.1 Å². The Labute approximate surface area is 113 Å². The summed E-state index contributed by atoms with van der Waals surface area (Å²) >= 11 is 5.00. The van der Waals surface area contributed by atoms with E-state index in [1.165, 1.54) is 19.3 Å². The Morgan fingerprint density at radius 3 is 2.39 bits per heavy atom. The lowest BCUT2D eigenvalue weighted by atomic mass is 9.81. The summed E-state index contributed by atoms with van der Waals surface area (Å²) in [6, 6.07) is 5.66. The minimum Gasteiger partial charge on any atom is -0.389 e. The molecule has 0 heterocycles. The molecule has 0 unspecified atom stereocenters. The Hall–Kier alpha value is -1.42. The van der Waals surface area contributed by atoms with Crippen molar-refractivity contribution in [2.24, 2.45) is 11.5 Å². The van der Waals surface area contributed by atoms with Gasteiger partial charge in [0.05, 0.1) is 5.56 Å². The van der Waals surface area contributed by atoms with E-state index in [1.54, 1.807) is 6.07 Å². The van der Waals surface area contributed by atoms with Gasteiger partial charge in [0.25, 0.3) is 0 Å². The highest BCUT2D eigenvalue weighted by Gasteiger charge is 2.23. The molecule has 0 aromatic heterocycles. The second kappa shape index (κ2) is 5.48. The lowest BCUT2D eigenvalue weighted by molar-refractivity contribution is 0.0998. The van der Waals surface area contributed by atoms with Crippen LogP contribution in [0.25, 0.3) is 0 Å². The predicted octanol–water partition coefficient (Wildman–Crippen LogP) is 2.47. The summed E-state index contributed by atoms with van der Waals surface area (Å²) in [7, 11) is 0. The van der Waals surface area contributed by atoms with E-state index in [9.17, 15) is 4.79 Å². The van der Waals surface area contributed by atoms with E-state index < -0.39 is 5.91 Å². The Kier molecular flexibility index (Phi) is 3.97. The average Bonchev–Trinajstić information content (AvgIpc) is 2.38. The third-order valence-corrected chi connectivity index (χ3v) is 3.87. The van der Waals surface area contributed by atoms with Gasteiger partial charge in [-0.15, -0.1) is 0 Å². The van der Waals surface area contributed by atoms with Crippen LogP contribution < -0.4 is 11.5 Å². The molecule has 1 aromatic carbocycles. The molecule has 18 heavy (non-hydrogen) atoms. The molecule has 4 N–H and O–H groups in total. The van der Waals surface area contributed by atoms with E-state index in [-0.39, 0.29) is 4.99 Å². The fourth-order valence-electron chi connectivity index (χ4n) is 2.80. The van der Waals surface area contributed by atoms with Crippen molar-refractivity contribution in [3.63, 3.8) is 0 Å². The molecule has 0 radical (unpaired) electrons. The molecule has 0 saturated heterocycles. The van der Waals surface area contributed by atoms with E-state index in [0.717, 1.165) is 18.4 Å². The van der Waals surface area contributed by atoms with Gasteiger partial charge in [0.15, 0.2) is 0 Å². The highest BCUT2D eigenvalue weighted by Crippen LogP contribution is 2.35. The maximum absolute atomic E-state index is 11.7. The first-order chi connectivity index (χ1) is 8.61. The Morgan fingerprint density at radius 1 is 1.17 bits per heavy atom. The molecule has 0 bridgehead atoms. The number of hydrogen-bond acceptors (Lipinski definition) is 2. The Balaban J connectivity index is 2.48. The van der Waals surface area contributed by atoms with Crippen molar-refractivity contribution < 1.29 is 4.79 Å². The van der Waals surface area contributed by atoms with Crippen LogP contribution in [0.3, 0.4) is 0 Å².